The molecule has 6 aliphatic rings. The van der Waals surface area contributed by atoms with E-state index in [2.05, 4.69) is 60.6 Å². The lowest BCUT2D eigenvalue weighted by Crippen LogP contribution is -2.59. The third-order valence-corrected chi connectivity index (χ3v) is 11.2. The molecule has 5 heterocycles. The topological polar surface area (TPSA) is 54.5 Å². The number of anilines is 1. The van der Waals surface area contributed by atoms with Gasteiger partial charge in [0.15, 0.2) is 0 Å². The SMILES string of the molecule is CC1(C)OB(c2ccc3c(c2)N(C2CC(N4CCC(F)CC4)C2)C(=O)C32CCN(C3COC3)CC2)OC1(C)C. The molecule has 1 amide bonds. The van der Waals surface area contributed by atoms with Gasteiger partial charge in [-0.2, -0.15) is 0 Å². The number of nitrogens with zero attached hydrogens (tertiary/aromatic N) is 3. The maximum atomic E-state index is 14.5. The first-order valence-corrected chi connectivity index (χ1v) is 15.1. The van der Waals surface area contributed by atoms with Gasteiger partial charge in [0.1, 0.15) is 6.17 Å². The van der Waals surface area contributed by atoms with Gasteiger partial charge in [-0.3, -0.25) is 9.69 Å². The fraction of sp³-hybridized carbons (Fsp3) is 0.767. The molecule has 0 aromatic heterocycles. The number of carbonyl (C=O) groups is 1. The van der Waals surface area contributed by atoms with E-state index in [0.29, 0.717) is 24.9 Å². The molecule has 7 nitrogen and oxygen atoms in total. The van der Waals surface area contributed by atoms with Gasteiger partial charge >= 0.3 is 7.12 Å². The Bertz CT molecular complexity index is 1110. The van der Waals surface area contributed by atoms with Crippen LogP contribution in [0.25, 0.3) is 0 Å². The Morgan fingerprint density at radius 2 is 1.49 bits per heavy atom. The molecule has 5 fully saturated rings. The molecule has 1 aliphatic carbocycles. The minimum Gasteiger partial charge on any atom is -0.399 e. The van der Waals surface area contributed by atoms with Gasteiger partial charge in [0.2, 0.25) is 5.91 Å². The molecule has 4 saturated heterocycles. The number of rotatable bonds is 4. The third kappa shape index (κ3) is 4.13. The molecule has 9 heteroatoms. The highest BCUT2D eigenvalue weighted by molar-refractivity contribution is 6.62. The van der Waals surface area contributed by atoms with E-state index in [0.717, 1.165) is 76.2 Å². The number of halogens is 1. The van der Waals surface area contributed by atoms with Gasteiger partial charge in [-0.05, 0) is 96.4 Å². The fourth-order valence-corrected chi connectivity index (χ4v) is 7.59. The molecule has 0 radical (unpaired) electrons. The van der Waals surface area contributed by atoms with Crippen LogP contribution in [0, 0.1) is 0 Å². The zero-order valence-electron chi connectivity index (χ0n) is 24.0. The highest BCUT2D eigenvalue weighted by Crippen LogP contribution is 2.51. The summed E-state index contributed by atoms with van der Waals surface area (Å²) in [4.78, 5) is 21.6. The average Bonchev–Trinajstić information content (AvgIpc) is 3.20. The number of carbonyl (C=O) groups excluding carboxylic acids is 1. The highest BCUT2D eigenvalue weighted by Gasteiger charge is 2.57. The van der Waals surface area contributed by atoms with Gasteiger partial charge in [-0.25, -0.2) is 4.39 Å². The standard InChI is InChI=1S/C30H43BFN3O4/c1-28(2)29(3,4)39-31(38-28)20-5-6-25-26(15-20)35(23-16-22(17-23)33-11-7-21(32)8-12-33)27(36)30(25)9-13-34(14-10-30)24-18-37-19-24/h5-6,15,21-24H,7-14,16-19H2,1-4H3. The first kappa shape index (κ1) is 26.4. The van der Waals surface area contributed by atoms with Crippen LogP contribution in [0.2, 0.25) is 0 Å². The largest absolute Gasteiger partial charge is 0.494 e. The zero-order chi connectivity index (χ0) is 27.2. The van der Waals surface area contributed by atoms with E-state index in [-0.39, 0.29) is 11.9 Å². The van der Waals surface area contributed by atoms with Gasteiger partial charge in [0.05, 0.1) is 35.9 Å². The summed E-state index contributed by atoms with van der Waals surface area (Å²) in [5.74, 6) is 0.277. The molecule has 0 N–H and O–H groups in total. The maximum Gasteiger partial charge on any atom is 0.494 e. The predicted octanol–water partition coefficient (Wildman–Crippen LogP) is 3.03. The number of benzene rings is 1. The molecule has 1 aromatic rings. The number of ether oxygens (including phenoxy) is 1. The lowest BCUT2D eigenvalue weighted by atomic mass is 9.71. The van der Waals surface area contributed by atoms with Crippen LogP contribution in [0.1, 0.15) is 71.8 Å². The van der Waals surface area contributed by atoms with Gasteiger partial charge in [-0.15, -0.1) is 0 Å². The molecule has 212 valence electrons. The van der Waals surface area contributed by atoms with Crippen molar-refractivity contribution in [2.75, 3.05) is 44.3 Å². The van der Waals surface area contributed by atoms with E-state index in [1.807, 2.05) is 0 Å². The Balaban J connectivity index is 1.17. The first-order valence-electron chi connectivity index (χ1n) is 15.1. The molecule has 0 bridgehead atoms. The molecule has 0 atom stereocenters. The lowest BCUT2D eigenvalue weighted by Gasteiger charge is -2.49. The molecular formula is C30H43BFN3O4. The predicted molar refractivity (Wildman–Crippen MR) is 149 cm³/mol. The summed E-state index contributed by atoms with van der Waals surface area (Å²) in [6, 6.07) is 7.63. The Kier molecular flexibility index (Phi) is 6.26. The minimum atomic E-state index is -0.658. The Morgan fingerprint density at radius 1 is 0.872 bits per heavy atom. The van der Waals surface area contributed by atoms with Crippen molar-refractivity contribution in [1.29, 1.82) is 0 Å². The number of amides is 1. The van der Waals surface area contributed by atoms with E-state index < -0.39 is 29.9 Å². The number of likely N-dealkylation sites (tertiary alicyclic amines) is 2. The summed E-state index contributed by atoms with van der Waals surface area (Å²) < 4.78 is 32.0. The third-order valence-electron chi connectivity index (χ3n) is 11.2. The molecule has 1 aromatic carbocycles. The van der Waals surface area contributed by atoms with E-state index in [4.69, 9.17) is 14.0 Å². The van der Waals surface area contributed by atoms with Gasteiger partial charge in [0, 0.05) is 30.9 Å². The number of fused-ring (bicyclic) bond motifs is 2. The Labute approximate surface area is 232 Å². The average molecular weight is 540 g/mol. The number of alkyl halides is 1. The second-order valence-corrected chi connectivity index (χ2v) is 13.8. The Morgan fingerprint density at radius 3 is 2.08 bits per heavy atom. The molecule has 0 unspecified atom stereocenters. The van der Waals surface area contributed by atoms with Crippen LogP contribution in [0.3, 0.4) is 0 Å². The van der Waals surface area contributed by atoms with Crippen molar-refractivity contribution < 1.29 is 23.2 Å². The van der Waals surface area contributed by atoms with Gasteiger partial charge < -0.3 is 23.8 Å². The summed E-state index contributed by atoms with van der Waals surface area (Å²) >= 11 is 0. The van der Waals surface area contributed by atoms with E-state index in [1.165, 1.54) is 5.56 Å². The van der Waals surface area contributed by atoms with Crippen molar-refractivity contribution in [3.63, 3.8) is 0 Å². The highest BCUT2D eigenvalue weighted by atomic mass is 19.1. The molecule has 5 aliphatic heterocycles. The quantitative estimate of drug-likeness (QED) is 0.549. The van der Waals surface area contributed by atoms with E-state index >= 15 is 0 Å². The van der Waals surface area contributed by atoms with Crippen LogP contribution in [0.5, 0.6) is 0 Å². The van der Waals surface area contributed by atoms with Crippen molar-refractivity contribution in [2.24, 2.45) is 0 Å². The van der Waals surface area contributed by atoms with Crippen LogP contribution < -0.4 is 10.4 Å². The monoisotopic (exact) mass is 539 g/mol. The van der Waals surface area contributed by atoms with Crippen molar-refractivity contribution in [3.8, 4) is 0 Å². The zero-order valence-corrected chi connectivity index (χ0v) is 24.0. The molecule has 1 saturated carbocycles. The van der Waals surface area contributed by atoms with Crippen molar-refractivity contribution in [3.05, 3.63) is 23.8 Å². The normalized spacial score (nSPS) is 32.9. The van der Waals surface area contributed by atoms with Crippen molar-refractivity contribution >= 4 is 24.2 Å². The van der Waals surface area contributed by atoms with Gasteiger partial charge in [0.25, 0.3) is 0 Å². The number of hydrogen-bond donors (Lipinski definition) is 0. The minimum absolute atomic E-state index is 0.190. The smallest absolute Gasteiger partial charge is 0.399 e. The molecule has 1 spiro atoms. The van der Waals surface area contributed by atoms with E-state index in [9.17, 15) is 9.18 Å². The molecular weight excluding hydrogens is 496 g/mol. The first-order chi connectivity index (χ1) is 18.6. The molecule has 7 rings (SSSR count). The van der Waals surface area contributed by atoms with Crippen LogP contribution in [-0.2, 0) is 24.3 Å². The van der Waals surface area contributed by atoms with Crippen LogP contribution in [-0.4, -0.2) is 97.7 Å². The number of piperidine rings is 2. The maximum absolute atomic E-state index is 14.5. The molecule has 39 heavy (non-hydrogen) atoms. The van der Waals surface area contributed by atoms with Crippen molar-refractivity contribution in [1.82, 2.24) is 9.80 Å². The Hall–Kier alpha value is -1.52. The second kappa shape index (κ2) is 9.25. The summed E-state index contributed by atoms with van der Waals surface area (Å²) in [5, 5.41) is 0. The lowest BCUT2D eigenvalue weighted by molar-refractivity contribution is -0.128. The summed E-state index contributed by atoms with van der Waals surface area (Å²) in [6.45, 7) is 13.4. The van der Waals surface area contributed by atoms with Crippen LogP contribution in [0.15, 0.2) is 18.2 Å². The van der Waals surface area contributed by atoms with E-state index in [1.54, 1.807) is 0 Å². The summed E-state index contributed by atoms with van der Waals surface area (Å²) in [6.07, 6.45) is 4.24. The summed E-state index contributed by atoms with van der Waals surface area (Å²) in [5.41, 5.74) is 1.92. The number of hydrogen-bond acceptors (Lipinski definition) is 6. The van der Waals surface area contributed by atoms with Crippen LogP contribution in [0.4, 0.5) is 10.1 Å². The van der Waals surface area contributed by atoms with Crippen LogP contribution >= 0.6 is 0 Å². The second-order valence-electron chi connectivity index (χ2n) is 13.8. The fourth-order valence-electron chi connectivity index (χ4n) is 7.59. The summed E-state index contributed by atoms with van der Waals surface area (Å²) in [7, 11) is -0.453. The van der Waals surface area contributed by atoms with Crippen molar-refractivity contribution in [2.45, 2.75) is 107 Å². The van der Waals surface area contributed by atoms with Gasteiger partial charge in [-0.1, -0.05) is 12.1 Å².